The van der Waals surface area contributed by atoms with E-state index in [0.29, 0.717) is 0 Å². The Balaban J connectivity index is 2.02. The molecule has 4 heteroatoms. The molecule has 0 saturated carbocycles. The second-order valence-electron chi connectivity index (χ2n) is 4.34. The molecule has 1 heterocycles. The van der Waals surface area contributed by atoms with Crippen molar-refractivity contribution in [3.8, 4) is 5.75 Å². The molecule has 0 radical (unpaired) electrons. The first kappa shape index (κ1) is 11.6. The Hall–Kier alpha value is -2.49. The molecule has 1 N–H and O–H groups in total. The normalized spacial score (nSPS) is 10.6. The lowest BCUT2D eigenvalue weighted by atomic mass is 10.3. The third-order valence-corrected chi connectivity index (χ3v) is 3.12. The first-order valence-electron chi connectivity index (χ1n) is 6.10. The Morgan fingerprint density at radius 2 is 1.89 bits per heavy atom. The maximum absolute atomic E-state index is 5.22. The SMILES string of the molecule is COc1ccc2c(c1)nc(Nc1ccccc1)n2C. The predicted molar refractivity (Wildman–Crippen MR) is 77.0 cm³/mol. The average molecular weight is 253 g/mol. The molecule has 0 amide bonds. The standard InChI is InChI=1S/C15H15N3O/c1-18-14-9-8-12(19-2)10-13(14)17-15(18)16-11-6-4-3-5-7-11/h3-10H,1-2H3,(H,16,17). The number of imidazole rings is 1. The van der Waals surface area contributed by atoms with Crippen molar-refractivity contribution in [2.24, 2.45) is 7.05 Å². The first-order chi connectivity index (χ1) is 9.28. The van der Waals surface area contributed by atoms with E-state index in [1.54, 1.807) is 7.11 Å². The third-order valence-electron chi connectivity index (χ3n) is 3.12. The summed E-state index contributed by atoms with van der Waals surface area (Å²) in [4.78, 5) is 4.59. The van der Waals surface area contributed by atoms with Crippen LogP contribution in [0.2, 0.25) is 0 Å². The van der Waals surface area contributed by atoms with Crippen LogP contribution in [-0.2, 0) is 7.05 Å². The fourth-order valence-electron chi connectivity index (χ4n) is 2.07. The van der Waals surface area contributed by atoms with Crippen LogP contribution in [0.1, 0.15) is 0 Å². The number of aryl methyl sites for hydroxylation is 1. The van der Waals surface area contributed by atoms with Crippen LogP contribution in [0.3, 0.4) is 0 Å². The van der Waals surface area contributed by atoms with Crippen molar-refractivity contribution in [3.63, 3.8) is 0 Å². The number of nitrogens with one attached hydrogen (secondary N) is 1. The van der Waals surface area contributed by atoms with E-state index in [9.17, 15) is 0 Å². The van der Waals surface area contributed by atoms with Crippen molar-refractivity contribution in [2.45, 2.75) is 0 Å². The second-order valence-corrected chi connectivity index (χ2v) is 4.34. The largest absolute Gasteiger partial charge is 0.497 e. The van der Waals surface area contributed by atoms with Crippen LogP contribution in [-0.4, -0.2) is 16.7 Å². The number of methoxy groups -OCH3 is 1. The van der Waals surface area contributed by atoms with Gasteiger partial charge in [0.1, 0.15) is 5.75 Å². The Labute approximate surface area is 111 Å². The summed E-state index contributed by atoms with van der Waals surface area (Å²) >= 11 is 0. The van der Waals surface area contributed by atoms with Crippen LogP contribution >= 0.6 is 0 Å². The molecule has 0 aliphatic rings. The lowest BCUT2D eigenvalue weighted by molar-refractivity contribution is 0.415. The van der Waals surface area contributed by atoms with Gasteiger partial charge in [0.05, 0.1) is 18.1 Å². The van der Waals surface area contributed by atoms with E-state index < -0.39 is 0 Å². The van der Waals surface area contributed by atoms with Crippen molar-refractivity contribution in [1.82, 2.24) is 9.55 Å². The number of para-hydroxylation sites is 1. The van der Waals surface area contributed by atoms with Gasteiger partial charge in [0.2, 0.25) is 5.95 Å². The van der Waals surface area contributed by atoms with Crippen LogP contribution in [0.15, 0.2) is 48.5 Å². The van der Waals surface area contributed by atoms with Gasteiger partial charge in [0, 0.05) is 18.8 Å². The maximum Gasteiger partial charge on any atom is 0.208 e. The molecule has 3 rings (SSSR count). The fourth-order valence-corrected chi connectivity index (χ4v) is 2.07. The molecule has 0 unspecified atom stereocenters. The summed E-state index contributed by atoms with van der Waals surface area (Å²) in [6, 6.07) is 15.9. The highest BCUT2D eigenvalue weighted by molar-refractivity contribution is 5.81. The Kier molecular flexibility index (Phi) is 2.83. The molecule has 4 nitrogen and oxygen atoms in total. The number of rotatable bonds is 3. The van der Waals surface area contributed by atoms with Crippen molar-refractivity contribution in [1.29, 1.82) is 0 Å². The number of ether oxygens (including phenoxy) is 1. The van der Waals surface area contributed by atoms with Gasteiger partial charge in [0.15, 0.2) is 0 Å². The molecule has 2 aromatic carbocycles. The van der Waals surface area contributed by atoms with Crippen LogP contribution in [0, 0.1) is 0 Å². The van der Waals surface area contributed by atoms with Gasteiger partial charge >= 0.3 is 0 Å². The zero-order valence-corrected chi connectivity index (χ0v) is 10.9. The van der Waals surface area contributed by atoms with Gasteiger partial charge in [-0.1, -0.05) is 18.2 Å². The van der Waals surface area contributed by atoms with E-state index in [4.69, 9.17) is 4.74 Å². The molecule has 0 fully saturated rings. The van der Waals surface area contributed by atoms with Gasteiger partial charge in [0.25, 0.3) is 0 Å². The highest BCUT2D eigenvalue weighted by atomic mass is 16.5. The van der Waals surface area contributed by atoms with Crippen molar-refractivity contribution < 1.29 is 4.74 Å². The molecule has 0 aliphatic carbocycles. The molecule has 0 spiro atoms. The summed E-state index contributed by atoms with van der Waals surface area (Å²) in [6.45, 7) is 0. The van der Waals surface area contributed by atoms with E-state index in [1.807, 2.05) is 60.1 Å². The molecule has 0 saturated heterocycles. The zero-order chi connectivity index (χ0) is 13.2. The molecule has 1 aromatic heterocycles. The smallest absolute Gasteiger partial charge is 0.208 e. The molecule has 0 atom stereocenters. The van der Waals surface area contributed by atoms with Gasteiger partial charge in [-0.15, -0.1) is 0 Å². The fraction of sp³-hybridized carbons (Fsp3) is 0.133. The lowest BCUT2D eigenvalue weighted by Crippen LogP contribution is -1.98. The topological polar surface area (TPSA) is 39.1 Å². The number of aromatic nitrogens is 2. The number of fused-ring (bicyclic) bond motifs is 1. The van der Waals surface area contributed by atoms with Gasteiger partial charge in [-0.05, 0) is 24.3 Å². The first-order valence-corrected chi connectivity index (χ1v) is 6.10. The summed E-state index contributed by atoms with van der Waals surface area (Å²) in [5.41, 5.74) is 3.01. The summed E-state index contributed by atoms with van der Waals surface area (Å²) < 4.78 is 7.25. The second kappa shape index (κ2) is 4.65. The minimum atomic E-state index is 0.814. The molecule has 0 bridgehead atoms. The highest BCUT2D eigenvalue weighted by Crippen LogP contribution is 2.24. The number of nitrogens with zero attached hydrogens (tertiary/aromatic N) is 2. The molecule has 96 valence electrons. The van der Waals surface area contributed by atoms with Crippen molar-refractivity contribution >= 4 is 22.7 Å². The van der Waals surface area contributed by atoms with Gasteiger partial charge in [-0.25, -0.2) is 4.98 Å². The zero-order valence-electron chi connectivity index (χ0n) is 10.9. The van der Waals surface area contributed by atoms with E-state index in [-0.39, 0.29) is 0 Å². The maximum atomic E-state index is 5.22. The Morgan fingerprint density at radius 3 is 2.63 bits per heavy atom. The molecule has 0 aliphatic heterocycles. The monoisotopic (exact) mass is 253 g/mol. The molecular formula is C15H15N3O. The molecule has 19 heavy (non-hydrogen) atoms. The van der Waals surface area contributed by atoms with Crippen LogP contribution < -0.4 is 10.1 Å². The highest BCUT2D eigenvalue weighted by Gasteiger charge is 2.08. The molecular weight excluding hydrogens is 238 g/mol. The van der Waals surface area contributed by atoms with Gasteiger partial charge in [-0.2, -0.15) is 0 Å². The van der Waals surface area contributed by atoms with E-state index in [0.717, 1.165) is 28.4 Å². The Morgan fingerprint density at radius 1 is 1.11 bits per heavy atom. The lowest BCUT2D eigenvalue weighted by Gasteiger charge is -2.05. The van der Waals surface area contributed by atoms with Crippen LogP contribution in [0.5, 0.6) is 5.75 Å². The van der Waals surface area contributed by atoms with Crippen LogP contribution in [0.4, 0.5) is 11.6 Å². The quantitative estimate of drug-likeness (QED) is 0.778. The van der Waals surface area contributed by atoms with E-state index >= 15 is 0 Å². The summed E-state index contributed by atoms with van der Waals surface area (Å²) in [5, 5.41) is 3.31. The summed E-state index contributed by atoms with van der Waals surface area (Å²) in [5.74, 6) is 1.63. The van der Waals surface area contributed by atoms with Gasteiger partial charge in [-0.3, -0.25) is 0 Å². The third kappa shape index (κ3) is 2.12. The van der Waals surface area contributed by atoms with E-state index in [2.05, 4.69) is 10.3 Å². The molecule has 3 aromatic rings. The minimum Gasteiger partial charge on any atom is -0.497 e. The average Bonchev–Trinajstić information content (AvgIpc) is 2.76. The Bertz CT molecular complexity index is 704. The van der Waals surface area contributed by atoms with Gasteiger partial charge < -0.3 is 14.6 Å². The number of hydrogen-bond donors (Lipinski definition) is 1. The number of benzene rings is 2. The van der Waals surface area contributed by atoms with Crippen molar-refractivity contribution in [3.05, 3.63) is 48.5 Å². The van der Waals surface area contributed by atoms with E-state index in [1.165, 1.54) is 0 Å². The number of anilines is 2. The van der Waals surface area contributed by atoms with Crippen molar-refractivity contribution in [2.75, 3.05) is 12.4 Å². The predicted octanol–water partition coefficient (Wildman–Crippen LogP) is 3.33. The summed E-state index contributed by atoms with van der Waals surface area (Å²) in [7, 11) is 3.65. The van der Waals surface area contributed by atoms with Crippen LogP contribution in [0.25, 0.3) is 11.0 Å². The number of hydrogen-bond acceptors (Lipinski definition) is 3. The minimum absolute atomic E-state index is 0.814. The summed E-state index contributed by atoms with van der Waals surface area (Å²) in [6.07, 6.45) is 0.